The predicted octanol–water partition coefficient (Wildman–Crippen LogP) is 1.94. The Morgan fingerprint density at radius 3 is 2.76 bits per heavy atom. The summed E-state index contributed by atoms with van der Waals surface area (Å²) in [6.07, 6.45) is 5.54. The van der Waals surface area contributed by atoms with Crippen molar-refractivity contribution in [1.29, 1.82) is 0 Å². The number of aryl methyl sites for hydroxylation is 1. The first-order chi connectivity index (χ1) is 10.2. The van der Waals surface area contributed by atoms with Crippen LogP contribution < -0.4 is 16.0 Å². The van der Waals surface area contributed by atoms with Crippen molar-refractivity contribution in [1.82, 2.24) is 15.3 Å². The highest BCUT2D eigenvalue weighted by Crippen LogP contribution is 2.18. The Labute approximate surface area is 126 Å². The Kier molecular flexibility index (Phi) is 5.78. The van der Waals surface area contributed by atoms with E-state index in [0.29, 0.717) is 12.5 Å². The molecular weight excluding hydrogens is 266 g/mol. The maximum Gasteiger partial charge on any atom is 0.220 e. The second-order valence-electron chi connectivity index (χ2n) is 5.43. The number of aromatic nitrogens is 2. The molecule has 0 unspecified atom stereocenters. The van der Waals surface area contributed by atoms with Crippen molar-refractivity contribution in [2.45, 2.75) is 51.5 Å². The lowest BCUT2D eigenvalue weighted by Crippen LogP contribution is -2.25. The van der Waals surface area contributed by atoms with Gasteiger partial charge in [-0.2, -0.15) is 0 Å². The van der Waals surface area contributed by atoms with Crippen LogP contribution in [-0.2, 0) is 11.2 Å². The van der Waals surface area contributed by atoms with Crippen molar-refractivity contribution in [2.75, 3.05) is 24.2 Å². The molecule has 0 bridgehead atoms. The van der Waals surface area contributed by atoms with Gasteiger partial charge < -0.3 is 16.0 Å². The summed E-state index contributed by atoms with van der Waals surface area (Å²) in [5.41, 5.74) is 0. The van der Waals surface area contributed by atoms with Gasteiger partial charge in [-0.1, -0.05) is 6.92 Å². The molecule has 0 atom stereocenters. The zero-order valence-electron chi connectivity index (χ0n) is 12.9. The average Bonchev–Trinajstić information content (AvgIpc) is 3.27. The Hall–Kier alpha value is -1.85. The zero-order chi connectivity index (χ0) is 15.1. The third-order valence-electron chi connectivity index (χ3n) is 3.33. The van der Waals surface area contributed by atoms with E-state index in [4.69, 9.17) is 0 Å². The van der Waals surface area contributed by atoms with Crippen LogP contribution in [0.25, 0.3) is 0 Å². The fraction of sp³-hybridized carbons (Fsp3) is 0.667. The highest BCUT2D eigenvalue weighted by molar-refractivity contribution is 5.76. The van der Waals surface area contributed by atoms with Gasteiger partial charge in [-0.25, -0.2) is 9.97 Å². The minimum Gasteiger partial charge on any atom is -0.373 e. The molecule has 116 valence electrons. The molecule has 1 fully saturated rings. The predicted molar refractivity (Wildman–Crippen MR) is 84.5 cm³/mol. The van der Waals surface area contributed by atoms with E-state index in [1.54, 1.807) is 0 Å². The van der Waals surface area contributed by atoms with E-state index < -0.39 is 0 Å². The van der Waals surface area contributed by atoms with E-state index >= 15 is 0 Å². The molecule has 0 aliphatic heterocycles. The zero-order valence-corrected chi connectivity index (χ0v) is 12.9. The number of nitrogens with zero attached hydrogens (tertiary/aromatic N) is 2. The molecule has 3 N–H and O–H groups in total. The molecule has 21 heavy (non-hydrogen) atoms. The van der Waals surface area contributed by atoms with Gasteiger partial charge in [0.1, 0.15) is 17.5 Å². The van der Waals surface area contributed by atoms with E-state index in [1.807, 2.05) is 13.1 Å². The average molecular weight is 291 g/mol. The minimum absolute atomic E-state index is 0.157. The molecule has 1 amide bonds. The fourth-order valence-electron chi connectivity index (χ4n) is 2.04. The topological polar surface area (TPSA) is 78.9 Å². The maximum atomic E-state index is 11.6. The SMILES string of the molecule is CCCc1nc(NC)cc(NCCCC(=O)NC2CC2)n1. The van der Waals surface area contributed by atoms with Gasteiger partial charge in [0.2, 0.25) is 5.91 Å². The van der Waals surface area contributed by atoms with Crippen LogP contribution in [0.3, 0.4) is 0 Å². The third kappa shape index (κ3) is 5.57. The Morgan fingerprint density at radius 2 is 2.10 bits per heavy atom. The van der Waals surface area contributed by atoms with Crippen LogP contribution in [0, 0.1) is 0 Å². The molecule has 1 saturated carbocycles. The van der Waals surface area contributed by atoms with Gasteiger partial charge >= 0.3 is 0 Å². The summed E-state index contributed by atoms with van der Waals surface area (Å²) in [6, 6.07) is 2.34. The van der Waals surface area contributed by atoms with Crippen LogP contribution in [0.15, 0.2) is 6.07 Å². The van der Waals surface area contributed by atoms with Gasteiger partial charge in [0.05, 0.1) is 0 Å². The number of hydrogen-bond acceptors (Lipinski definition) is 5. The molecule has 0 saturated heterocycles. The molecule has 1 aromatic heterocycles. The van der Waals surface area contributed by atoms with Crippen molar-refractivity contribution < 1.29 is 4.79 Å². The van der Waals surface area contributed by atoms with Crippen molar-refractivity contribution >= 4 is 17.5 Å². The summed E-state index contributed by atoms with van der Waals surface area (Å²) in [5, 5.41) is 9.31. The maximum absolute atomic E-state index is 11.6. The van der Waals surface area contributed by atoms with Gasteiger partial charge in [0.25, 0.3) is 0 Å². The minimum atomic E-state index is 0.157. The summed E-state index contributed by atoms with van der Waals surface area (Å²) in [4.78, 5) is 20.5. The number of carbonyl (C=O) groups is 1. The van der Waals surface area contributed by atoms with Gasteiger partial charge in [-0.05, 0) is 25.7 Å². The fourth-order valence-corrected chi connectivity index (χ4v) is 2.04. The largest absolute Gasteiger partial charge is 0.373 e. The highest BCUT2D eigenvalue weighted by atomic mass is 16.1. The quantitative estimate of drug-likeness (QED) is 0.606. The monoisotopic (exact) mass is 291 g/mol. The second kappa shape index (κ2) is 7.81. The number of hydrogen-bond donors (Lipinski definition) is 3. The van der Waals surface area contributed by atoms with Crippen LogP contribution in [0.2, 0.25) is 0 Å². The van der Waals surface area contributed by atoms with Gasteiger partial charge in [0.15, 0.2) is 0 Å². The molecule has 1 aliphatic carbocycles. The molecule has 0 aromatic carbocycles. The van der Waals surface area contributed by atoms with Gasteiger partial charge in [-0.15, -0.1) is 0 Å². The first-order valence-corrected chi connectivity index (χ1v) is 7.80. The molecule has 1 aromatic rings. The summed E-state index contributed by atoms with van der Waals surface area (Å²) in [6.45, 7) is 2.85. The molecule has 0 spiro atoms. The smallest absolute Gasteiger partial charge is 0.220 e. The third-order valence-corrected chi connectivity index (χ3v) is 3.33. The molecule has 6 nitrogen and oxygen atoms in total. The molecule has 2 rings (SSSR count). The van der Waals surface area contributed by atoms with Crippen LogP contribution >= 0.6 is 0 Å². The van der Waals surface area contributed by atoms with Crippen molar-refractivity contribution in [3.63, 3.8) is 0 Å². The summed E-state index contributed by atoms with van der Waals surface area (Å²) < 4.78 is 0. The standard InChI is InChI=1S/C15H25N5O/c1-3-5-12-19-13(16-2)10-14(20-12)17-9-4-6-15(21)18-11-7-8-11/h10-11H,3-9H2,1-2H3,(H,18,21)(H2,16,17,19,20). The second-order valence-corrected chi connectivity index (χ2v) is 5.43. The normalized spacial score (nSPS) is 13.8. The van der Waals surface area contributed by atoms with Gasteiger partial charge in [-0.3, -0.25) is 4.79 Å². The van der Waals surface area contributed by atoms with Crippen molar-refractivity contribution in [2.24, 2.45) is 0 Å². The number of nitrogens with one attached hydrogen (secondary N) is 3. The van der Waals surface area contributed by atoms with Crippen molar-refractivity contribution in [3.05, 3.63) is 11.9 Å². The first-order valence-electron chi connectivity index (χ1n) is 7.80. The molecular formula is C15H25N5O. The summed E-state index contributed by atoms with van der Waals surface area (Å²) >= 11 is 0. The Bertz CT molecular complexity index is 473. The van der Waals surface area contributed by atoms with Crippen LogP contribution in [0.4, 0.5) is 11.6 Å². The molecule has 1 aliphatic rings. The number of amides is 1. The van der Waals surface area contributed by atoms with E-state index in [9.17, 15) is 4.79 Å². The van der Waals surface area contributed by atoms with Gasteiger partial charge in [0, 0.05) is 38.5 Å². The van der Waals surface area contributed by atoms with Crippen LogP contribution in [0.5, 0.6) is 0 Å². The van der Waals surface area contributed by atoms with Crippen LogP contribution in [-0.4, -0.2) is 35.5 Å². The summed E-state index contributed by atoms with van der Waals surface area (Å²) in [7, 11) is 1.85. The van der Waals surface area contributed by atoms with Crippen molar-refractivity contribution in [3.8, 4) is 0 Å². The first kappa shape index (κ1) is 15.5. The lowest BCUT2D eigenvalue weighted by Gasteiger charge is -2.09. The number of carbonyl (C=O) groups excluding carboxylic acids is 1. The Balaban J connectivity index is 1.75. The molecule has 0 radical (unpaired) electrons. The van der Waals surface area contributed by atoms with Crippen LogP contribution in [0.1, 0.15) is 44.9 Å². The number of rotatable bonds is 9. The molecule has 1 heterocycles. The van der Waals surface area contributed by atoms with E-state index in [2.05, 4.69) is 32.8 Å². The van der Waals surface area contributed by atoms with E-state index in [-0.39, 0.29) is 5.91 Å². The lowest BCUT2D eigenvalue weighted by atomic mass is 10.3. The Morgan fingerprint density at radius 1 is 1.33 bits per heavy atom. The van der Waals surface area contributed by atoms with E-state index in [0.717, 1.165) is 56.1 Å². The summed E-state index contributed by atoms with van der Waals surface area (Å²) in [5.74, 6) is 2.64. The molecule has 6 heteroatoms. The van der Waals surface area contributed by atoms with E-state index in [1.165, 1.54) is 0 Å². The lowest BCUT2D eigenvalue weighted by molar-refractivity contribution is -0.121. The highest BCUT2D eigenvalue weighted by Gasteiger charge is 2.22. The number of anilines is 2.